The summed E-state index contributed by atoms with van der Waals surface area (Å²) in [4.78, 5) is 4.50. The smallest absolute Gasteiger partial charge is 0.131 e. The van der Waals surface area contributed by atoms with Crippen molar-refractivity contribution in [1.82, 2.24) is 4.98 Å². The van der Waals surface area contributed by atoms with Crippen molar-refractivity contribution in [3.05, 3.63) is 90.6 Å². The molecule has 0 saturated carbocycles. The van der Waals surface area contributed by atoms with E-state index in [1.807, 2.05) is 30.5 Å². The third kappa shape index (κ3) is 3.19. The van der Waals surface area contributed by atoms with Gasteiger partial charge in [-0.3, -0.25) is 4.98 Å². The molecular formula is C26H29N2O+. The molecule has 0 radical (unpaired) electrons. The highest BCUT2D eigenvalue weighted by atomic mass is 16.3. The number of piperidine rings is 3. The van der Waals surface area contributed by atoms with Gasteiger partial charge in [-0.25, -0.2) is 0 Å². The molecule has 1 aromatic heterocycles. The predicted molar refractivity (Wildman–Crippen MR) is 117 cm³/mol. The summed E-state index contributed by atoms with van der Waals surface area (Å²) in [6.45, 7) is 7.32. The quantitative estimate of drug-likeness (QED) is 0.502. The van der Waals surface area contributed by atoms with Crippen LogP contribution in [0.1, 0.15) is 30.1 Å². The van der Waals surface area contributed by atoms with Crippen LogP contribution in [0.3, 0.4) is 0 Å². The van der Waals surface area contributed by atoms with Crippen LogP contribution < -0.4 is 0 Å². The van der Waals surface area contributed by atoms with E-state index >= 15 is 0 Å². The summed E-state index contributed by atoms with van der Waals surface area (Å²) in [5.41, 5.74) is 3.33. The molecule has 29 heavy (non-hydrogen) atoms. The average Bonchev–Trinajstić information content (AvgIpc) is 2.78. The molecule has 0 amide bonds. The van der Waals surface area contributed by atoms with Gasteiger partial charge in [0.15, 0.2) is 0 Å². The second kappa shape index (κ2) is 7.40. The summed E-state index contributed by atoms with van der Waals surface area (Å²) in [6.07, 6.45) is 5.79. The second-order valence-corrected chi connectivity index (χ2v) is 8.88. The maximum atomic E-state index is 11.7. The van der Waals surface area contributed by atoms with E-state index in [1.165, 1.54) is 12.0 Å². The van der Waals surface area contributed by atoms with E-state index in [9.17, 15) is 5.11 Å². The molecule has 5 atom stereocenters. The van der Waals surface area contributed by atoms with E-state index in [0.29, 0.717) is 11.8 Å². The van der Waals surface area contributed by atoms with Crippen LogP contribution >= 0.6 is 0 Å². The Morgan fingerprint density at radius 2 is 1.90 bits per heavy atom. The lowest BCUT2D eigenvalue weighted by Crippen LogP contribution is -2.67. The minimum atomic E-state index is -0.486. The van der Waals surface area contributed by atoms with Crippen LogP contribution in [0, 0.1) is 11.8 Å². The average molecular weight is 386 g/mol. The molecule has 0 aliphatic carbocycles. The lowest BCUT2D eigenvalue weighted by Gasteiger charge is -2.58. The van der Waals surface area contributed by atoms with Crippen LogP contribution in [-0.2, 0) is 6.54 Å². The SMILES string of the molecule is C=CC1C[N+]2(Cc3ccccc3)CCC1C[C@@H]2[C@@H](O)c1ccnc2ccccc12. The maximum absolute atomic E-state index is 11.7. The highest BCUT2D eigenvalue weighted by Crippen LogP contribution is 2.47. The zero-order valence-electron chi connectivity index (χ0n) is 16.8. The number of pyridine rings is 1. The molecule has 0 spiro atoms. The van der Waals surface area contributed by atoms with Crippen LogP contribution in [0.4, 0.5) is 0 Å². The first kappa shape index (κ1) is 18.5. The number of aliphatic hydroxyl groups excluding tert-OH is 1. The molecule has 3 unspecified atom stereocenters. The van der Waals surface area contributed by atoms with E-state index in [0.717, 1.165) is 47.0 Å². The summed E-state index contributed by atoms with van der Waals surface area (Å²) in [5, 5.41) is 12.8. The Morgan fingerprint density at radius 3 is 2.72 bits per heavy atom. The van der Waals surface area contributed by atoms with Crippen molar-refractivity contribution in [2.24, 2.45) is 11.8 Å². The number of aliphatic hydroxyl groups is 1. The summed E-state index contributed by atoms with van der Waals surface area (Å²) < 4.78 is 0.953. The summed E-state index contributed by atoms with van der Waals surface area (Å²) >= 11 is 0. The zero-order chi connectivity index (χ0) is 19.8. The molecule has 3 fully saturated rings. The Morgan fingerprint density at radius 1 is 1.10 bits per heavy atom. The van der Waals surface area contributed by atoms with E-state index in [4.69, 9.17) is 0 Å². The number of para-hydroxylation sites is 1. The highest BCUT2D eigenvalue weighted by Gasteiger charge is 2.53. The third-order valence-corrected chi connectivity index (χ3v) is 7.38. The first-order valence-corrected chi connectivity index (χ1v) is 10.7. The Labute approximate surface area is 172 Å². The molecule has 1 N–H and O–H groups in total. The van der Waals surface area contributed by atoms with E-state index in [2.05, 4.69) is 54.0 Å². The van der Waals surface area contributed by atoms with Crippen LogP contribution in [-0.4, -0.2) is 33.7 Å². The summed E-state index contributed by atoms with van der Waals surface area (Å²) in [6, 6.07) is 21.2. The minimum Gasteiger partial charge on any atom is -0.382 e. The van der Waals surface area contributed by atoms with Gasteiger partial charge in [0.1, 0.15) is 18.7 Å². The molecule has 2 aromatic carbocycles. The monoisotopic (exact) mass is 385 g/mol. The van der Waals surface area contributed by atoms with Crippen molar-refractivity contribution in [1.29, 1.82) is 0 Å². The van der Waals surface area contributed by atoms with Gasteiger partial charge in [0.2, 0.25) is 0 Å². The molecule has 148 valence electrons. The van der Waals surface area contributed by atoms with E-state index in [1.54, 1.807) is 0 Å². The number of hydrogen-bond donors (Lipinski definition) is 1. The van der Waals surface area contributed by atoms with Gasteiger partial charge in [0.25, 0.3) is 0 Å². The van der Waals surface area contributed by atoms with Gasteiger partial charge in [-0.05, 0) is 23.6 Å². The lowest BCUT2D eigenvalue weighted by molar-refractivity contribution is -0.984. The summed E-state index contributed by atoms with van der Waals surface area (Å²) in [7, 11) is 0. The molecule has 3 heteroatoms. The number of hydrogen-bond acceptors (Lipinski definition) is 2. The molecule has 3 nitrogen and oxygen atoms in total. The van der Waals surface area contributed by atoms with Crippen molar-refractivity contribution in [2.75, 3.05) is 13.1 Å². The number of quaternary nitrogens is 1. The van der Waals surface area contributed by atoms with Crippen molar-refractivity contribution >= 4 is 10.9 Å². The number of nitrogens with zero attached hydrogens (tertiary/aromatic N) is 2. The van der Waals surface area contributed by atoms with Gasteiger partial charge >= 0.3 is 0 Å². The Bertz CT molecular complexity index is 1010. The van der Waals surface area contributed by atoms with Gasteiger partial charge in [-0.1, -0.05) is 54.6 Å². The molecule has 3 aromatic rings. The Balaban J connectivity index is 1.56. The van der Waals surface area contributed by atoms with E-state index in [-0.39, 0.29) is 6.04 Å². The number of benzene rings is 2. The molecule has 3 saturated heterocycles. The molecule has 6 rings (SSSR count). The second-order valence-electron chi connectivity index (χ2n) is 8.88. The number of fused-ring (bicyclic) bond motifs is 4. The molecule has 3 aliphatic rings. The standard InChI is InChI=1S/C26H29N2O/c1-2-20-18-28(17-19-8-4-3-5-9-19)15-13-21(20)16-25(28)26(29)23-12-14-27-24-11-7-6-10-22(23)24/h2-12,14,20-21,25-26,29H,1,13,15-18H2/q+1/t20?,21?,25-,26+,28?/m1/s1. The highest BCUT2D eigenvalue weighted by molar-refractivity contribution is 5.82. The topological polar surface area (TPSA) is 33.1 Å². The first-order chi connectivity index (χ1) is 14.2. The summed E-state index contributed by atoms with van der Waals surface area (Å²) in [5.74, 6) is 1.18. The fraction of sp³-hybridized carbons (Fsp3) is 0.346. The fourth-order valence-corrected chi connectivity index (χ4v) is 5.91. The predicted octanol–water partition coefficient (Wildman–Crippen LogP) is 4.88. The molecular weight excluding hydrogens is 356 g/mol. The van der Waals surface area contributed by atoms with Crippen LogP contribution in [0.5, 0.6) is 0 Å². The van der Waals surface area contributed by atoms with Gasteiger partial charge in [-0.2, -0.15) is 0 Å². The fourth-order valence-electron chi connectivity index (χ4n) is 5.91. The van der Waals surface area contributed by atoms with Crippen LogP contribution in [0.25, 0.3) is 10.9 Å². The van der Waals surface area contributed by atoms with Gasteiger partial charge < -0.3 is 9.59 Å². The van der Waals surface area contributed by atoms with Crippen molar-refractivity contribution in [2.45, 2.75) is 31.5 Å². The van der Waals surface area contributed by atoms with E-state index < -0.39 is 6.10 Å². The Hall–Kier alpha value is -2.49. The minimum absolute atomic E-state index is 0.205. The number of aromatic nitrogens is 1. The van der Waals surface area contributed by atoms with Crippen LogP contribution in [0.15, 0.2) is 79.5 Å². The van der Waals surface area contributed by atoms with Gasteiger partial charge in [0, 0.05) is 35.9 Å². The van der Waals surface area contributed by atoms with Crippen molar-refractivity contribution in [3.8, 4) is 0 Å². The van der Waals surface area contributed by atoms with Crippen LogP contribution in [0.2, 0.25) is 0 Å². The molecule has 3 aliphatic heterocycles. The molecule has 4 heterocycles. The Kier molecular flexibility index (Phi) is 4.73. The maximum Gasteiger partial charge on any atom is 0.131 e. The van der Waals surface area contributed by atoms with Gasteiger partial charge in [-0.15, -0.1) is 6.58 Å². The zero-order valence-corrected chi connectivity index (χ0v) is 16.8. The first-order valence-electron chi connectivity index (χ1n) is 10.7. The normalized spacial score (nSPS) is 29.6. The lowest BCUT2D eigenvalue weighted by atomic mass is 9.71. The van der Waals surface area contributed by atoms with Crippen molar-refractivity contribution < 1.29 is 9.59 Å². The van der Waals surface area contributed by atoms with Crippen molar-refractivity contribution in [3.63, 3.8) is 0 Å². The largest absolute Gasteiger partial charge is 0.382 e. The third-order valence-electron chi connectivity index (χ3n) is 7.38. The molecule has 2 bridgehead atoms. The van der Waals surface area contributed by atoms with Gasteiger partial charge in [0.05, 0.1) is 18.6 Å². The number of rotatable bonds is 5.